The molecule has 0 bridgehead atoms. The Labute approximate surface area is 177 Å². The third-order valence-corrected chi connectivity index (χ3v) is 6.30. The highest BCUT2D eigenvalue weighted by molar-refractivity contribution is 7.99. The van der Waals surface area contributed by atoms with Crippen molar-refractivity contribution >= 4 is 28.7 Å². The van der Waals surface area contributed by atoms with Crippen LogP contribution in [0.15, 0.2) is 59.6 Å². The maximum absolute atomic E-state index is 13.2. The van der Waals surface area contributed by atoms with Crippen LogP contribution < -0.4 is 5.32 Å². The molecule has 1 saturated heterocycles. The molecule has 1 N–H and O–H groups in total. The normalized spacial score (nSPS) is 14.8. The maximum atomic E-state index is 13.2. The van der Waals surface area contributed by atoms with Gasteiger partial charge in [0.1, 0.15) is 12.3 Å². The average Bonchev–Trinajstić information content (AvgIpc) is 3.45. The number of aromatic nitrogens is 4. The molecule has 5 heterocycles. The third-order valence-electron chi connectivity index (χ3n) is 5.25. The van der Waals surface area contributed by atoms with Crippen molar-refractivity contribution in [2.75, 3.05) is 11.5 Å². The zero-order valence-corrected chi connectivity index (χ0v) is 17.1. The summed E-state index contributed by atoms with van der Waals surface area (Å²) in [6.07, 6.45) is 8.82. The Morgan fingerprint density at radius 2 is 2.13 bits per heavy atom. The third kappa shape index (κ3) is 3.82. The van der Waals surface area contributed by atoms with Gasteiger partial charge in [-0.3, -0.25) is 9.78 Å². The maximum Gasteiger partial charge on any atom is 0.252 e. The second-order valence-electron chi connectivity index (χ2n) is 7.28. The molecule has 1 aliphatic rings. The van der Waals surface area contributed by atoms with E-state index in [1.807, 2.05) is 42.1 Å². The molecule has 0 aliphatic carbocycles. The highest BCUT2D eigenvalue weighted by atomic mass is 32.2. The summed E-state index contributed by atoms with van der Waals surface area (Å²) in [6, 6.07) is 9.59. The molecule has 4 aromatic rings. The Bertz CT molecular complexity index is 1150. The molecule has 0 radical (unpaired) electrons. The molecule has 5 rings (SSSR count). The molecule has 0 unspecified atom stereocenters. The van der Waals surface area contributed by atoms with Gasteiger partial charge in [0.15, 0.2) is 5.65 Å². The summed E-state index contributed by atoms with van der Waals surface area (Å²) in [5, 5.41) is 8.43. The molecule has 152 valence electrons. The molecule has 7 nitrogen and oxygen atoms in total. The minimum absolute atomic E-state index is 0.0815. The number of furan rings is 1. The molecule has 1 aliphatic heterocycles. The Kier molecular flexibility index (Phi) is 5.23. The van der Waals surface area contributed by atoms with Gasteiger partial charge in [0.2, 0.25) is 0 Å². The van der Waals surface area contributed by atoms with Crippen molar-refractivity contribution in [1.29, 1.82) is 0 Å². The van der Waals surface area contributed by atoms with E-state index < -0.39 is 0 Å². The predicted molar refractivity (Wildman–Crippen MR) is 116 cm³/mol. The summed E-state index contributed by atoms with van der Waals surface area (Å²) >= 11 is 1.94. The fourth-order valence-electron chi connectivity index (χ4n) is 3.67. The van der Waals surface area contributed by atoms with Crippen molar-refractivity contribution in [3.05, 3.63) is 66.5 Å². The Morgan fingerprint density at radius 3 is 2.90 bits per heavy atom. The molecule has 1 fully saturated rings. The quantitative estimate of drug-likeness (QED) is 0.530. The minimum atomic E-state index is -0.0815. The number of hydrogen-bond acceptors (Lipinski definition) is 6. The van der Waals surface area contributed by atoms with Crippen LogP contribution in [0, 0.1) is 0 Å². The first kappa shape index (κ1) is 18.9. The topological polar surface area (TPSA) is 85.8 Å². The van der Waals surface area contributed by atoms with Crippen LogP contribution in [-0.4, -0.2) is 43.2 Å². The number of nitrogens with one attached hydrogen (secondary N) is 1. The van der Waals surface area contributed by atoms with Crippen LogP contribution in [0.2, 0.25) is 0 Å². The van der Waals surface area contributed by atoms with E-state index in [-0.39, 0.29) is 11.9 Å². The number of hydrogen-bond donors (Lipinski definition) is 1. The van der Waals surface area contributed by atoms with Crippen molar-refractivity contribution in [3.63, 3.8) is 0 Å². The summed E-state index contributed by atoms with van der Waals surface area (Å²) in [5.74, 6) is 2.86. The lowest BCUT2D eigenvalue weighted by Gasteiger charge is -2.22. The van der Waals surface area contributed by atoms with Crippen LogP contribution >= 0.6 is 11.8 Å². The van der Waals surface area contributed by atoms with E-state index in [0.29, 0.717) is 23.4 Å². The molecule has 0 spiro atoms. The first-order chi connectivity index (χ1) is 14.8. The van der Waals surface area contributed by atoms with E-state index in [9.17, 15) is 4.79 Å². The minimum Gasteiger partial charge on any atom is -0.467 e. The number of carbonyl (C=O) groups is 1. The lowest BCUT2D eigenvalue weighted by atomic mass is 10.1. The van der Waals surface area contributed by atoms with Gasteiger partial charge in [0.05, 0.1) is 29.1 Å². The number of thioether (sulfide) groups is 1. The molecule has 30 heavy (non-hydrogen) atoms. The Morgan fingerprint density at radius 1 is 1.23 bits per heavy atom. The van der Waals surface area contributed by atoms with E-state index in [1.54, 1.807) is 29.5 Å². The molecule has 0 saturated carbocycles. The number of nitrogens with zero attached hydrogens (tertiary/aromatic N) is 4. The molecular formula is C22H21N5O2S. The van der Waals surface area contributed by atoms with Crippen LogP contribution in [0.4, 0.5) is 0 Å². The van der Waals surface area contributed by atoms with Gasteiger partial charge in [-0.25, -0.2) is 9.67 Å². The van der Waals surface area contributed by atoms with Gasteiger partial charge in [-0.1, -0.05) is 0 Å². The van der Waals surface area contributed by atoms with Gasteiger partial charge in [0, 0.05) is 24.0 Å². The van der Waals surface area contributed by atoms with Gasteiger partial charge in [-0.2, -0.15) is 16.9 Å². The number of carbonyl (C=O) groups excluding carboxylic acids is 1. The fraction of sp³-hybridized carbons (Fsp3) is 0.273. The second-order valence-corrected chi connectivity index (χ2v) is 8.50. The van der Waals surface area contributed by atoms with Crippen LogP contribution in [-0.2, 0) is 6.54 Å². The number of rotatable bonds is 5. The van der Waals surface area contributed by atoms with Crippen molar-refractivity contribution in [1.82, 2.24) is 25.1 Å². The number of pyridine rings is 2. The highest BCUT2D eigenvalue weighted by Gasteiger charge is 2.21. The highest BCUT2D eigenvalue weighted by Crippen LogP contribution is 2.26. The van der Waals surface area contributed by atoms with Crippen LogP contribution in [0.1, 0.15) is 29.0 Å². The van der Waals surface area contributed by atoms with Gasteiger partial charge < -0.3 is 9.73 Å². The summed E-state index contributed by atoms with van der Waals surface area (Å²) in [5.41, 5.74) is 2.79. The summed E-state index contributed by atoms with van der Waals surface area (Å²) in [4.78, 5) is 22.2. The molecular weight excluding hydrogens is 398 g/mol. The van der Waals surface area contributed by atoms with Gasteiger partial charge in [-0.05, 0) is 54.7 Å². The standard InChI is InChI=1S/C22H21N5O2S/c28-22(25-16-5-9-30-10-6-16)18-11-20(15-3-1-7-23-12-15)26-21-19(18)13-24-27(21)14-17-4-2-8-29-17/h1-4,7-8,11-13,16H,5-6,9-10,14H2,(H,25,28). The van der Waals surface area contributed by atoms with E-state index >= 15 is 0 Å². The van der Waals surface area contributed by atoms with Gasteiger partial charge in [-0.15, -0.1) is 0 Å². The fourth-order valence-corrected chi connectivity index (χ4v) is 4.78. The number of amides is 1. The van der Waals surface area contributed by atoms with E-state index in [0.717, 1.165) is 41.1 Å². The SMILES string of the molecule is O=C(NC1CCSCC1)c1cc(-c2cccnc2)nc2c1cnn2Cc1ccco1. The average molecular weight is 420 g/mol. The zero-order chi connectivity index (χ0) is 20.3. The second kappa shape index (κ2) is 8.31. The van der Waals surface area contributed by atoms with Crippen molar-refractivity contribution in [2.45, 2.75) is 25.4 Å². The smallest absolute Gasteiger partial charge is 0.252 e. The summed E-state index contributed by atoms with van der Waals surface area (Å²) in [7, 11) is 0. The zero-order valence-electron chi connectivity index (χ0n) is 16.3. The van der Waals surface area contributed by atoms with Crippen molar-refractivity contribution in [2.24, 2.45) is 0 Å². The van der Waals surface area contributed by atoms with E-state index in [2.05, 4.69) is 15.4 Å². The van der Waals surface area contributed by atoms with Crippen molar-refractivity contribution < 1.29 is 9.21 Å². The van der Waals surface area contributed by atoms with Crippen LogP contribution in [0.3, 0.4) is 0 Å². The van der Waals surface area contributed by atoms with Crippen LogP contribution in [0.5, 0.6) is 0 Å². The molecule has 4 aromatic heterocycles. The summed E-state index contributed by atoms with van der Waals surface area (Å²) in [6.45, 7) is 0.445. The predicted octanol–water partition coefficient (Wildman–Crippen LogP) is 3.76. The van der Waals surface area contributed by atoms with Crippen molar-refractivity contribution in [3.8, 4) is 11.3 Å². The molecule has 0 aromatic carbocycles. The largest absolute Gasteiger partial charge is 0.467 e. The van der Waals surface area contributed by atoms with Gasteiger partial charge in [0.25, 0.3) is 5.91 Å². The Hall–Kier alpha value is -3.13. The number of fused-ring (bicyclic) bond motifs is 1. The first-order valence-electron chi connectivity index (χ1n) is 9.96. The lowest BCUT2D eigenvalue weighted by molar-refractivity contribution is 0.0936. The molecule has 0 atom stereocenters. The first-order valence-corrected chi connectivity index (χ1v) is 11.1. The Balaban J connectivity index is 1.57. The summed E-state index contributed by atoms with van der Waals surface area (Å²) < 4.78 is 7.23. The lowest BCUT2D eigenvalue weighted by Crippen LogP contribution is -2.37. The van der Waals surface area contributed by atoms with Crippen LogP contribution in [0.25, 0.3) is 22.3 Å². The van der Waals surface area contributed by atoms with E-state index in [1.165, 1.54) is 0 Å². The molecule has 1 amide bonds. The van der Waals surface area contributed by atoms with Gasteiger partial charge >= 0.3 is 0 Å². The molecule has 8 heteroatoms. The monoisotopic (exact) mass is 419 g/mol. The van der Waals surface area contributed by atoms with E-state index in [4.69, 9.17) is 9.40 Å².